The highest BCUT2D eigenvalue weighted by atomic mass is 35.5. The van der Waals surface area contributed by atoms with Gasteiger partial charge in [0, 0.05) is 11.3 Å². The number of carbonyl (C=O) groups is 2. The van der Waals surface area contributed by atoms with Gasteiger partial charge in [-0.3, -0.25) is 9.59 Å². The summed E-state index contributed by atoms with van der Waals surface area (Å²) in [5, 5.41) is 2.23. The first-order valence-electron chi connectivity index (χ1n) is 7.07. The van der Waals surface area contributed by atoms with Gasteiger partial charge in [-0.15, -0.1) is 11.8 Å². The number of halogens is 2. The highest BCUT2D eigenvalue weighted by molar-refractivity contribution is 8.00. The fourth-order valence-electron chi connectivity index (χ4n) is 1.80. The lowest BCUT2D eigenvalue weighted by Gasteiger charge is -2.18. The molecule has 0 bridgehead atoms. The maximum atomic E-state index is 14.0. The molecule has 0 aliphatic heterocycles. The van der Waals surface area contributed by atoms with Crippen molar-refractivity contribution in [1.82, 2.24) is 0 Å². The molecule has 4 nitrogen and oxygen atoms in total. The van der Waals surface area contributed by atoms with Crippen LogP contribution in [0.5, 0.6) is 0 Å². The van der Waals surface area contributed by atoms with Gasteiger partial charge >= 0.3 is 5.97 Å². The number of carbonyl (C=O) groups excluding carboxylic acids is 2. The molecule has 0 saturated carbocycles. The monoisotopic (exact) mass is 361 g/mol. The van der Waals surface area contributed by atoms with E-state index in [2.05, 4.69) is 10.1 Å². The average molecular weight is 362 g/mol. The van der Waals surface area contributed by atoms with Crippen molar-refractivity contribution in [3.63, 3.8) is 0 Å². The highest BCUT2D eigenvalue weighted by Gasteiger charge is 2.20. The summed E-state index contributed by atoms with van der Waals surface area (Å²) < 4.78 is 18.6. The molecule has 1 amide bonds. The van der Waals surface area contributed by atoms with Crippen molar-refractivity contribution in [1.29, 1.82) is 0 Å². The zero-order valence-electron chi connectivity index (χ0n) is 13.8. The number of rotatable bonds is 5. The van der Waals surface area contributed by atoms with Gasteiger partial charge in [-0.05, 0) is 24.5 Å². The number of esters is 1. The number of nitrogens with one attached hydrogen (secondary N) is 1. The van der Waals surface area contributed by atoms with E-state index in [1.54, 1.807) is 6.92 Å². The van der Waals surface area contributed by atoms with Crippen LogP contribution in [0.3, 0.4) is 0 Å². The van der Waals surface area contributed by atoms with Gasteiger partial charge in [0.2, 0.25) is 5.91 Å². The summed E-state index contributed by atoms with van der Waals surface area (Å²) in [6.07, 6.45) is 0.260. The van der Waals surface area contributed by atoms with Crippen LogP contribution in [0.4, 0.5) is 10.1 Å². The Morgan fingerprint density at radius 1 is 1.39 bits per heavy atom. The Morgan fingerprint density at radius 3 is 2.52 bits per heavy atom. The molecule has 0 aliphatic rings. The Labute approximate surface area is 145 Å². The number of anilines is 1. The van der Waals surface area contributed by atoms with Crippen LogP contribution in [-0.2, 0) is 14.3 Å². The fourth-order valence-corrected chi connectivity index (χ4v) is 3.01. The molecule has 1 aromatic rings. The minimum Gasteiger partial charge on any atom is -0.468 e. The molecule has 0 radical (unpaired) electrons. The molecule has 1 rings (SSSR count). The van der Waals surface area contributed by atoms with Gasteiger partial charge in [-0.25, -0.2) is 4.39 Å². The van der Waals surface area contributed by atoms with Crippen molar-refractivity contribution >= 4 is 40.9 Å². The van der Waals surface area contributed by atoms with Gasteiger partial charge in [0.15, 0.2) is 0 Å². The molecular weight excluding hydrogens is 341 g/mol. The molecule has 1 unspecified atom stereocenters. The standard InChI is InChI=1S/C16H21ClFNO3S/c1-9(15(21)22-5)23-13-7-12(11(18)6-10(13)17)19-14(20)8-16(2,3)4/h6-7,9H,8H2,1-5H3,(H,19,20). The number of thioether (sulfide) groups is 1. The summed E-state index contributed by atoms with van der Waals surface area (Å²) in [7, 11) is 1.30. The maximum Gasteiger partial charge on any atom is 0.318 e. The molecular formula is C16H21ClFNO3S. The molecule has 23 heavy (non-hydrogen) atoms. The number of ether oxygens (including phenoxy) is 1. The SMILES string of the molecule is COC(=O)C(C)Sc1cc(NC(=O)CC(C)(C)C)c(F)cc1Cl. The molecule has 0 fully saturated rings. The largest absolute Gasteiger partial charge is 0.468 e. The molecule has 1 aromatic carbocycles. The first kappa shape index (κ1) is 19.8. The topological polar surface area (TPSA) is 55.4 Å². The Bertz CT molecular complexity index is 602. The summed E-state index contributed by atoms with van der Waals surface area (Å²) in [6.45, 7) is 7.42. The van der Waals surface area contributed by atoms with E-state index in [-0.39, 0.29) is 28.5 Å². The Balaban J connectivity index is 2.95. The maximum absolute atomic E-state index is 14.0. The molecule has 1 N–H and O–H groups in total. The van der Waals surface area contributed by atoms with E-state index in [1.807, 2.05) is 20.8 Å². The van der Waals surface area contributed by atoms with E-state index >= 15 is 0 Å². The van der Waals surface area contributed by atoms with Crippen molar-refractivity contribution < 1.29 is 18.7 Å². The van der Waals surface area contributed by atoms with Crippen LogP contribution in [0.25, 0.3) is 0 Å². The molecule has 0 spiro atoms. The molecule has 0 aromatic heterocycles. The number of amides is 1. The van der Waals surface area contributed by atoms with E-state index in [4.69, 9.17) is 11.6 Å². The lowest BCUT2D eigenvalue weighted by atomic mass is 9.92. The van der Waals surface area contributed by atoms with Crippen LogP contribution in [0.2, 0.25) is 5.02 Å². The molecule has 1 atom stereocenters. The number of benzene rings is 1. The van der Waals surface area contributed by atoms with Gasteiger partial charge in [-0.1, -0.05) is 32.4 Å². The van der Waals surface area contributed by atoms with Crippen LogP contribution in [0.1, 0.15) is 34.1 Å². The van der Waals surface area contributed by atoms with E-state index in [0.717, 1.165) is 17.8 Å². The second kappa shape index (κ2) is 8.02. The van der Waals surface area contributed by atoms with Crippen molar-refractivity contribution in [2.75, 3.05) is 12.4 Å². The third kappa shape index (κ3) is 6.39. The summed E-state index contributed by atoms with van der Waals surface area (Å²) in [5.74, 6) is -1.31. The number of methoxy groups -OCH3 is 1. The average Bonchev–Trinajstić information content (AvgIpc) is 2.40. The highest BCUT2D eigenvalue weighted by Crippen LogP contribution is 2.35. The molecule has 0 heterocycles. The first-order valence-corrected chi connectivity index (χ1v) is 8.32. The summed E-state index contributed by atoms with van der Waals surface area (Å²) >= 11 is 7.15. The third-order valence-electron chi connectivity index (χ3n) is 2.82. The molecule has 0 saturated heterocycles. The van der Waals surface area contributed by atoms with Gasteiger partial charge in [0.05, 0.1) is 17.8 Å². The molecule has 7 heteroatoms. The Hall–Kier alpha value is -1.27. The lowest BCUT2D eigenvalue weighted by molar-refractivity contribution is -0.139. The number of hydrogen-bond acceptors (Lipinski definition) is 4. The summed E-state index contributed by atoms with van der Waals surface area (Å²) in [6, 6.07) is 2.56. The zero-order valence-corrected chi connectivity index (χ0v) is 15.4. The smallest absolute Gasteiger partial charge is 0.318 e. The van der Waals surface area contributed by atoms with Crippen molar-refractivity contribution in [2.24, 2.45) is 5.41 Å². The van der Waals surface area contributed by atoms with Crippen molar-refractivity contribution in [3.8, 4) is 0 Å². The van der Waals surface area contributed by atoms with E-state index < -0.39 is 17.0 Å². The predicted molar refractivity (Wildman–Crippen MR) is 91.4 cm³/mol. The second-order valence-corrected chi connectivity index (χ2v) is 8.12. The number of hydrogen-bond donors (Lipinski definition) is 1. The molecule has 128 valence electrons. The first-order chi connectivity index (χ1) is 10.5. The predicted octanol–water partition coefficient (Wildman–Crippen LogP) is 4.51. The van der Waals surface area contributed by atoms with E-state index in [9.17, 15) is 14.0 Å². The second-order valence-electron chi connectivity index (χ2n) is 6.33. The zero-order chi connectivity index (χ0) is 17.8. The van der Waals surface area contributed by atoms with Gasteiger partial charge < -0.3 is 10.1 Å². The summed E-state index contributed by atoms with van der Waals surface area (Å²) in [5.41, 5.74) is -0.160. The van der Waals surface area contributed by atoms with Crippen LogP contribution in [0, 0.1) is 11.2 Å². The Kier molecular flexibility index (Phi) is 6.89. The Morgan fingerprint density at radius 2 is 2.00 bits per heavy atom. The quantitative estimate of drug-likeness (QED) is 0.619. The van der Waals surface area contributed by atoms with Crippen molar-refractivity contribution in [3.05, 3.63) is 23.0 Å². The minimum absolute atomic E-state index is 0.0446. The minimum atomic E-state index is -0.618. The molecule has 0 aliphatic carbocycles. The van der Waals surface area contributed by atoms with Crippen LogP contribution >= 0.6 is 23.4 Å². The van der Waals surface area contributed by atoms with Gasteiger partial charge in [-0.2, -0.15) is 0 Å². The normalized spacial score (nSPS) is 12.7. The van der Waals surface area contributed by atoms with Crippen LogP contribution in [-0.4, -0.2) is 24.2 Å². The van der Waals surface area contributed by atoms with E-state index in [1.165, 1.54) is 13.2 Å². The third-order valence-corrected chi connectivity index (χ3v) is 4.39. The van der Waals surface area contributed by atoms with Crippen LogP contribution in [0.15, 0.2) is 17.0 Å². The van der Waals surface area contributed by atoms with Gasteiger partial charge in [0.25, 0.3) is 0 Å². The van der Waals surface area contributed by atoms with Crippen LogP contribution < -0.4 is 5.32 Å². The van der Waals surface area contributed by atoms with E-state index in [0.29, 0.717) is 4.90 Å². The fraction of sp³-hybridized carbons (Fsp3) is 0.500. The summed E-state index contributed by atoms with van der Waals surface area (Å²) in [4.78, 5) is 23.9. The van der Waals surface area contributed by atoms with Crippen molar-refractivity contribution in [2.45, 2.75) is 44.3 Å². The van der Waals surface area contributed by atoms with Gasteiger partial charge in [0.1, 0.15) is 11.1 Å². The lowest BCUT2D eigenvalue weighted by Crippen LogP contribution is -2.20.